The van der Waals surface area contributed by atoms with Gasteiger partial charge in [-0.05, 0) is 25.3 Å². The average molecular weight is 312 g/mol. The molecule has 3 nitrogen and oxygen atoms in total. The van der Waals surface area contributed by atoms with E-state index in [1.807, 2.05) is 7.05 Å². The molecule has 0 aliphatic heterocycles. The van der Waals surface area contributed by atoms with E-state index < -0.39 is 9.84 Å². The highest BCUT2D eigenvalue weighted by Crippen LogP contribution is 2.39. The first-order valence-electron chi connectivity index (χ1n) is 5.79. The zero-order valence-corrected chi connectivity index (χ0v) is 12.6. The van der Waals surface area contributed by atoms with Crippen LogP contribution in [0.25, 0.3) is 0 Å². The third-order valence-electron chi connectivity index (χ3n) is 3.40. The van der Waals surface area contributed by atoms with Crippen molar-refractivity contribution in [2.45, 2.75) is 25.7 Å². The lowest BCUT2D eigenvalue weighted by Crippen LogP contribution is -2.37. The van der Waals surface area contributed by atoms with Gasteiger partial charge < -0.3 is 4.90 Å². The van der Waals surface area contributed by atoms with E-state index in [0.29, 0.717) is 12.0 Å². The molecule has 0 aromatic carbocycles. The number of rotatable bonds is 6. The monoisotopic (exact) mass is 311 g/mol. The molecule has 5 heteroatoms. The minimum absolute atomic E-state index is 0.266. The largest absolute Gasteiger partial charge is 0.305 e. The van der Waals surface area contributed by atoms with Crippen molar-refractivity contribution >= 4 is 25.8 Å². The van der Waals surface area contributed by atoms with Crippen LogP contribution in [-0.2, 0) is 9.84 Å². The Hall–Kier alpha value is 0.390. The maximum Gasteiger partial charge on any atom is 0.148 e. The molecule has 1 fully saturated rings. The van der Waals surface area contributed by atoms with Crippen LogP contribution in [0.4, 0.5) is 0 Å². The smallest absolute Gasteiger partial charge is 0.148 e. The van der Waals surface area contributed by atoms with E-state index >= 15 is 0 Å². The molecule has 0 amide bonds. The van der Waals surface area contributed by atoms with Gasteiger partial charge in [0.05, 0.1) is 5.75 Å². The van der Waals surface area contributed by atoms with E-state index in [-0.39, 0.29) is 5.75 Å². The second-order valence-electron chi connectivity index (χ2n) is 5.21. The Morgan fingerprint density at radius 3 is 2.31 bits per heavy atom. The molecule has 1 aliphatic rings. The second-order valence-corrected chi connectivity index (χ2v) is 8.03. The Morgan fingerprint density at radius 2 is 1.88 bits per heavy atom. The van der Waals surface area contributed by atoms with Gasteiger partial charge in [0.1, 0.15) is 9.84 Å². The van der Waals surface area contributed by atoms with Gasteiger partial charge in [0.15, 0.2) is 0 Å². The number of alkyl halides is 1. The van der Waals surface area contributed by atoms with Gasteiger partial charge >= 0.3 is 0 Å². The van der Waals surface area contributed by atoms with Gasteiger partial charge in [0, 0.05) is 24.7 Å². The highest BCUT2D eigenvalue weighted by molar-refractivity contribution is 9.09. The molecule has 0 radical (unpaired) electrons. The van der Waals surface area contributed by atoms with E-state index in [1.54, 1.807) is 0 Å². The van der Waals surface area contributed by atoms with Crippen LogP contribution in [0.3, 0.4) is 0 Å². The van der Waals surface area contributed by atoms with E-state index in [2.05, 4.69) is 20.8 Å². The van der Waals surface area contributed by atoms with Crippen LogP contribution in [0.5, 0.6) is 0 Å². The molecular weight excluding hydrogens is 290 g/mol. The maximum absolute atomic E-state index is 11.1. The van der Waals surface area contributed by atoms with Gasteiger partial charge in [-0.2, -0.15) is 0 Å². The van der Waals surface area contributed by atoms with Crippen molar-refractivity contribution in [2.75, 3.05) is 37.5 Å². The molecule has 16 heavy (non-hydrogen) atoms. The standard InChI is InChI=1S/C11H22BrNO2S/c1-13(7-8-16(2,14)15)10-11(9-12)5-3-4-6-11/h3-10H2,1-2H3. The summed E-state index contributed by atoms with van der Waals surface area (Å²) in [6.07, 6.45) is 6.45. The van der Waals surface area contributed by atoms with Crippen molar-refractivity contribution in [3.63, 3.8) is 0 Å². The fourth-order valence-electron chi connectivity index (χ4n) is 2.43. The Labute approximate surface area is 108 Å². The molecule has 1 rings (SSSR count). The van der Waals surface area contributed by atoms with E-state index in [9.17, 15) is 8.42 Å². The molecule has 0 unspecified atom stereocenters. The number of nitrogens with zero attached hydrogens (tertiary/aromatic N) is 1. The normalized spacial score (nSPS) is 20.5. The van der Waals surface area contributed by atoms with Gasteiger partial charge in [-0.3, -0.25) is 0 Å². The van der Waals surface area contributed by atoms with Gasteiger partial charge in [0.25, 0.3) is 0 Å². The number of hydrogen-bond donors (Lipinski definition) is 0. The van der Waals surface area contributed by atoms with Gasteiger partial charge in [0.2, 0.25) is 0 Å². The molecule has 0 heterocycles. The van der Waals surface area contributed by atoms with Gasteiger partial charge in [-0.1, -0.05) is 28.8 Å². The second kappa shape index (κ2) is 5.83. The Kier molecular flexibility index (Phi) is 5.26. The molecule has 0 saturated heterocycles. The minimum Gasteiger partial charge on any atom is -0.305 e. The molecule has 0 N–H and O–H groups in total. The van der Waals surface area contributed by atoms with Crippen molar-refractivity contribution in [1.29, 1.82) is 0 Å². The van der Waals surface area contributed by atoms with Crippen molar-refractivity contribution in [3.05, 3.63) is 0 Å². The van der Waals surface area contributed by atoms with E-state index in [4.69, 9.17) is 0 Å². The van der Waals surface area contributed by atoms with Crippen LogP contribution in [-0.4, -0.2) is 50.8 Å². The Bertz CT molecular complexity index is 310. The lowest BCUT2D eigenvalue weighted by Gasteiger charge is -2.31. The zero-order chi connectivity index (χ0) is 12.2. The van der Waals surface area contributed by atoms with Gasteiger partial charge in [-0.15, -0.1) is 0 Å². The first kappa shape index (κ1) is 14.5. The molecule has 0 atom stereocenters. The van der Waals surface area contributed by atoms with Crippen molar-refractivity contribution in [3.8, 4) is 0 Å². The van der Waals surface area contributed by atoms with Crippen molar-refractivity contribution < 1.29 is 8.42 Å². The summed E-state index contributed by atoms with van der Waals surface area (Å²) in [4.78, 5) is 2.16. The number of hydrogen-bond acceptors (Lipinski definition) is 3. The van der Waals surface area contributed by atoms with Crippen LogP contribution in [0, 0.1) is 5.41 Å². The fourth-order valence-corrected chi connectivity index (χ4v) is 3.81. The molecule has 1 saturated carbocycles. The first-order valence-corrected chi connectivity index (χ1v) is 8.97. The van der Waals surface area contributed by atoms with Crippen LogP contribution in [0.15, 0.2) is 0 Å². The number of halogens is 1. The minimum atomic E-state index is -2.83. The Balaban J connectivity index is 2.40. The summed E-state index contributed by atoms with van der Waals surface area (Å²) in [5.41, 5.74) is 0.381. The lowest BCUT2D eigenvalue weighted by molar-refractivity contribution is 0.210. The summed E-state index contributed by atoms with van der Waals surface area (Å²) in [5, 5.41) is 1.03. The van der Waals surface area contributed by atoms with Crippen LogP contribution in [0.1, 0.15) is 25.7 Å². The molecule has 0 aromatic rings. The lowest BCUT2D eigenvalue weighted by atomic mass is 9.88. The first-order chi connectivity index (χ1) is 7.37. The highest BCUT2D eigenvalue weighted by atomic mass is 79.9. The summed E-state index contributed by atoms with van der Waals surface area (Å²) >= 11 is 3.61. The summed E-state index contributed by atoms with van der Waals surface area (Å²) in [6.45, 7) is 1.65. The third-order valence-corrected chi connectivity index (χ3v) is 5.51. The van der Waals surface area contributed by atoms with Crippen LogP contribution >= 0.6 is 15.9 Å². The molecule has 96 valence electrons. The molecule has 0 spiro atoms. The average Bonchev–Trinajstić information content (AvgIpc) is 2.63. The number of sulfone groups is 1. The Morgan fingerprint density at radius 1 is 1.31 bits per heavy atom. The highest BCUT2D eigenvalue weighted by Gasteiger charge is 2.33. The summed E-state index contributed by atoms with van der Waals surface area (Å²) in [6, 6.07) is 0. The fraction of sp³-hybridized carbons (Fsp3) is 1.00. The quantitative estimate of drug-likeness (QED) is 0.703. The summed E-state index contributed by atoms with van der Waals surface area (Å²) in [5.74, 6) is 0.266. The van der Waals surface area contributed by atoms with E-state index in [1.165, 1.54) is 31.9 Å². The molecular formula is C11H22BrNO2S. The zero-order valence-electron chi connectivity index (χ0n) is 10.2. The predicted octanol–water partition coefficient (Wildman–Crippen LogP) is 1.92. The maximum atomic E-state index is 11.1. The summed E-state index contributed by atoms with van der Waals surface area (Å²) in [7, 11) is -0.811. The third kappa shape index (κ3) is 4.72. The molecule has 0 bridgehead atoms. The van der Waals surface area contributed by atoms with Crippen molar-refractivity contribution in [2.24, 2.45) is 5.41 Å². The van der Waals surface area contributed by atoms with E-state index in [0.717, 1.165) is 11.9 Å². The van der Waals surface area contributed by atoms with Gasteiger partial charge in [-0.25, -0.2) is 8.42 Å². The topological polar surface area (TPSA) is 37.4 Å². The predicted molar refractivity (Wildman–Crippen MR) is 71.9 cm³/mol. The van der Waals surface area contributed by atoms with Crippen LogP contribution < -0.4 is 0 Å². The SMILES string of the molecule is CN(CCS(C)(=O)=O)CC1(CBr)CCCC1. The van der Waals surface area contributed by atoms with Crippen molar-refractivity contribution in [1.82, 2.24) is 4.90 Å². The molecule has 1 aliphatic carbocycles. The summed E-state index contributed by atoms with van der Waals surface area (Å²) < 4.78 is 22.2. The van der Waals surface area contributed by atoms with Crippen LogP contribution in [0.2, 0.25) is 0 Å². The molecule has 0 aromatic heterocycles.